The molecular formula is C27H27FN6O7S. The lowest BCUT2D eigenvalue weighted by molar-refractivity contribution is 0.00778. The zero-order valence-electron chi connectivity index (χ0n) is 21.9. The van der Waals surface area contributed by atoms with E-state index in [1.54, 1.807) is 23.0 Å². The molecule has 5 rings (SSSR count). The Kier molecular flexibility index (Phi) is 8.56. The van der Waals surface area contributed by atoms with Gasteiger partial charge in [0.25, 0.3) is 0 Å². The maximum absolute atomic E-state index is 13.4. The number of rotatable bonds is 11. The molecule has 1 saturated carbocycles. The highest BCUT2D eigenvalue weighted by Gasteiger charge is 2.42. The van der Waals surface area contributed by atoms with Crippen LogP contribution in [0.4, 0.5) is 10.2 Å². The van der Waals surface area contributed by atoms with Crippen molar-refractivity contribution in [2.45, 2.75) is 31.2 Å². The summed E-state index contributed by atoms with van der Waals surface area (Å²) in [5, 5.41) is 33.1. The van der Waals surface area contributed by atoms with Crippen LogP contribution in [0, 0.1) is 11.7 Å². The van der Waals surface area contributed by atoms with Crippen molar-refractivity contribution >= 4 is 21.9 Å². The number of aliphatic hydroxyl groups is 2. The van der Waals surface area contributed by atoms with Gasteiger partial charge in [0.1, 0.15) is 41.3 Å². The van der Waals surface area contributed by atoms with Crippen LogP contribution in [-0.2, 0) is 21.0 Å². The van der Waals surface area contributed by atoms with Crippen LogP contribution in [0.15, 0.2) is 73.3 Å². The summed E-state index contributed by atoms with van der Waals surface area (Å²) in [6.45, 7) is -0.0814. The zero-order chi connectivity index (χ0) is 29.9. The van der Waals surface area contributed by atoms with Crippen molar-refractivity contribution in [3.05, 3.63) is 96.0 Å². The molecule has 220 valence electrons. The Morgan fingerprint density at radius 3 is 2.67 bits per heavy atom. The van der Waals surface area contributed by atoms with Crippen LogP contribution in [0.3, 0.4) is 0 Å². The van der Waals surface area contributed by atoms with Gasteiger partial charge in [0.05, 0.1) is 30.9 Å². The number of nitrogens with two attached hydrogens (primary N) is 1. The van der Waals surface area contributed by atoms with E-state index >= 15 is 0 Å². The van der Waals surface area contributed by atoms with Gasteiger partial charge >= 0.3 is 10.3 Å². The zero-order valence-corrected chi connectivity index (χ0v) is 22.8. The number of ether oxygens (including phenoxy) is 1. The van der Waals surface area contributed by atoms with Gasteiger partial charge in [0, 0.05) is 18.3 Å². The van der Waals surface area contributed by atoms with Crippen LogP contribution in [0.5, 0.6) is 11.5 Å². The summed E-state index contributed by atoms with van der Waals surface area (Å²) in [4.78, 5) is 21.4. The Hall–Kier alpha value is -4.28. The normalized spacial score (nSPS) is 20.4. The summed E-state index contributed by atoms with van der Waals surface area (Å²) >= 11 is 0. The van der Waals surface area contributed by atoms with Crippen LogP contribution in [0.2, 0.25) is 0 Å². The van der Waals surface area contributed by atoms with Gasteiger partial charge < -0.3 is 20.3 Å². The number of ketones is 1. The monoisotopic (exact) mass is 598 g/mol. The van der Waals surface area contributed by atoms with E-state index < -0.39 is 46.9 Å². The lowest BCUT2D eigenvalue weighted by Crippen LogP contribution is -2.36. The standard InChI is InChI=1S/C27H27FN6O7S/c28-18-4-6-19(7-5-18)41-20-3-1-2-16(10-20)13-34-9-8-22(33-34)25(36)21-12-30-15-31-27(21)32-23-11-17(24(35)26(23)37)14-40-42(29,38)39/h1-10,12,15,17,23-24,26,35,37H,11,13-14H2,(H2,29,38,39)(H,30,31,32)/t17-,23-,24-,26+/m1/s1. The lowest BCUT2D eigenvalue weighted by Gasteiger charge is -2.19. The first kappa shape index (κ1) is 29.2. The molecule has 0 unspecified atom stereocenters. The Morgan fingerprint density at radius 2 is 1.90 bits per heavy atom. The van der Waals surface area contributed by atoms with E-state index in [9.17, 15) is 27.8 Å². The molecule has 0 radical (unpaired) electrons. The maximum atomic E-state index is 13.4. The SMILES string of the molecule is NS(=O)(=O)OC[C@H]1C[C@@H](Nc2ncncc2C(=O)c2ccn(Cc3cccc(Oc4ccc(F)cc4)c3)n2)[C@H](O)[C@@H]1O. The van der Waals surface area contributed by atoms with Crippen molar-refractivity contribution in [2.75, 3.05) is 11.9 Å². The number of carbonyl (C=O) groups is 1. The third kappa shape index (κ3) is 7.13. The minimum absolute atomic E-state index is 0.0865. The Balaban J connectivity index is 1.26. The summed E-state index contributed by atoms with van der Waals surface area (Å²) in [5.74, 6) is -0.417. The van der Waals surface area contributed by atoms with Crippen LogP contribution >= 0.6 is 0 Å². The van der Waals surface area contributed by atoms with Crippen molar-refractivity contribution in [1.29, 1.82) is 0 Å². The Bertz CT molecular complexity index is 1670. The fourth-order valence-electron chi connectivity index (χ4n) is 4.64. The van der Waals surface area contributed by atoms with Gasteiger partial charge in [-0.05, 0) is 54.4 Å². The first-order valence-electron chi connectivity index (χ1n) is 12.8. The second kappa shape index (κ2) is 12.3. The fourth-order valence-corrected chi connectivity index (χ4v) is 5.01. The van der Waals surface area contributed by atoms with E-state index in [0.29, 0.717) is 18.0 Å². The van der Waals surface area contributed by atoms with Crippen LogP contribution in [0.25, 0.3) is 0 Å². The first-order chi connectivity index (χ1) is 20.1. The minimum atomic E-state index is -4.22. The van der Waals surface area contributed by atoms with Gasteiger partial charge in [-0.2, -0.15) is 13.5 Å². The predicted octanol–water partition coefficient (Wildman–Crippen LogP) is 1.63. The first-order valence-corrected chi connectivity index (χ1v) is 14.2. The number of carbonyl (C=O) groups excluding carboxylic acids is 1. The second-order valence-corrected chi connectivity index (χ2v) is 10.9. The molecule has 0 bridgehead atoms. The third-order valence-corrected chi connectivity index (χ3v) is 7.16. The van der Waals surface area contributed by atoms with Crippen molar-refractivity contribution in [2.24, 2.45) is 11.1 Å². The Labute approximate surface area is 240 Å². The van der Waals surface area contributed by atoms with E-state index in [2.05, 4.69) is 24.6 Å². The molecule has 4 aromatic rings. The van der Waals surface area contributed by atoms with Gasteiger partial charge in [-0.15, -0.1) is 0 Å². The molecule has 1 aliphatic carbocycles. The van der Waals surface area contributed by atoms with Crippen molar-refractivity contribution < 1.29 is 36.7 Å². The van der Waals surface area contributed by atoms with Gasteiger partial charge in [0.15, 0.2) is 0 Å². The smallest absolute Gasteiger partial charge is 0.333 e. The van der Waals surface area contributed by atoms with E-state index in [-0.39, 0.29) is 29.3 Å². The van der Waals surface area contributed by atoms with E-state index in [1.165, 1.54) is 36.8 Å². The largest absolute Gasteiger partial charge is 0.457 e. The average molecular weight is 599 g/mol. The molecule has 4 atom stereocenters. The molecule has 42 heavy (non-hydrogen) atoms. The number of aromatic nitrogens is 4. The highest BCUT2D eigenvalue weighted by Crippen LogP contribution is 2.30. The minimum Gasteiger partial charge on any atom is -0.457 e. The number of hydrogen-bond acceptors (Lipinski definition) is 11. The van der Waals surface area contributed by atoms with E-state index in [4.69, 9.17) is 9.88 Å². The molecule has 5 N–H and O–H groups in total. The number of halogens is 1. The van der Waals surface area contributed by atoms with Gasteiger partial charge in [-0.1, -0.05) is 12.1 Å². The summed E-state index contributed by atoms with van der Waals surface area (Å²) in [6, 6.07) is 13.7. The summed E-state index contributed by atoms with van der Waals surface area (Å²) in [5.41, 5.74) is 1.05. The Morgan fingerprint density at radius 1 is 1.12 bits per heavy atom. The maximum Gasteiger partial charge on any atom is 0.333 e. The molecule has 0 saturated heterocycles. The third-order valence-electron chi connectivity index (χ3n) is 6.69. The highest BCUT2D eigenvalue weighted by molar-refractivity contribution is 7.84. The molecule has 2 aromatic carbocycles. The number of anilines is 1. The van der Waals surface area contributed by atoms with Crippen molar-refractivity contribution in [3.8, 4) is 11.5 Å². The topological polar surface area (TPSA) is 192 Å². The molecule has 0 aliphatic heterocycles. The van der Waals surface area contributed by atoms with Gasteiger partial charge in [-0.3, -0.25) is 13.7 Å². The molecule has 0 spiro atoms. The number of nitrogens with one attached hydrogen (secondary N) is 1. The van der Waals surface area contributed by atoms with Crippen LogP contribution in [0.1, 0.15) is 28.0 Å². The average Bonchev–Trinajstić information content (AvgIpc) is 3.53. The van der Waals surface area contributed by atoms with E-state index in [0.717, 1.165) is 5.56 Å². The second-order valence-electron chi connectivity index (χ2n) is 9.72. The predicted molar refractivity (Wildman–Crippen MR) is 146 cm³/mol. The molecule has 15 heteroatoms. The molecule has 2 aromatic heterocycles. The quantitative estimate of drug-likeness (QED) is 0.183. The van der Waals surface area contributed by atoms with Gasteiger partial charge in [-0.25, -0.2) is 19.5 Å². The molecule has 2 heterocycles. The van der Waals surface area contributed by atoms with Crippen molar-refractivity contribution in [3.63, 3.8) is 0 Å². The van der Waals surface area contributed by atoms with Crippen LogP contribution < -0.4 is 15.2 Å². The lowest BCUT2D eigenvalue weighted by atomic mass is 10.1. The van der Waals surface area contributed by atoms with Crippen molar-refractivity contribution in [1.82, 2.24) is 19.7 Å². The molecule has 13 nitrogen and oxygen atoms in total. The van der Waals surface area contributed by atoms with Crippen LogP contribution in [-0.4, -0.2) is 69.0 Å². The van der Waals surface area contributed by atoms with E-state index in [1.807, 2.05) is 18.2 Å². The van der Waals surface area contributed by atoms with Gasteiger partial charge in [0.2, 0.25) is 5.78 Å². The molecule has 1 fully saturated rings. The number of nitrogens with zero attached hydrogens (tertiary/aromatic N) is 4. The summed E-state index contributed by atoms with van der Waals surface area (Å²) in [7, 11) is -4.22. The number of benzene rings is 2. The molecule has 0 amide bonds. The number of hydrogen-bond donors (Lipinski definition) is 4. The molecule has 1 aliphatic rings. The summed E-state index contributed by atoms with van der Waals surface area (Å²) < 4.78 is 47.3. The fraction of sp³-hybridized carbons (Fsp3) is 0.259. The number of aliphatic hydroxyl groups excluding tert-OH is 2. The highest BCUT2D eigenvalue weighted by atomic mass is 32.2. The molecular weight excluding hydrogens is 571 g/mol. The summed E-state index contributed by atoms with van der Waals surface area (Å²) in [6.07, 6.45) is 1.71.